The molecule has 0 bridgehead atoms. The van der Waals surface area contributed by atoms with Gasteiger partial charge in [0.1, 0.15) is 23.2 Å². The zero-order valence-corrected chi connectivity index (χ0v) is 23.8. The fourth-order valence-corrected chi connectivity index (χ4v) is 7.07. The number of nitrogen functional groups attached to an aromatic ring is 1. The molecule has 2 amide bonds. The normalized spacial score (nSPS) is 14.6. The number of H-pyrrole nitrogens is 1. The van der Waals surface area contributed by atoms with Crippen molar-refractivity contribution in [1.29, 1.82) is 5.41 Å². The van der Waals surface area contributed by atoms with Gasteiger partial charge in [-0.1, -0.05) is 0 Å². The smallest absolute Gasteiger partial charge is 0.291 e. The first kappa shape index (κ1) is 26.3. The number of rotatable bonds is 5. The van der Waals surface area contributed by atoms with Gasteiger partial charge in [0, 0.05) is 49.1 Å². The molecule has 0 fully saturated rings. The number of β-amino-alcohol motifs (C(OH)–C–C–N with tert-alkyl or cyclic N) is 1. The summed E-state index contributed by atoms with van der Waals surface area (Å²) in [6.45, 7) is 2.17. The lowest BCUT2D eigenvalue weighted by molar-refractivity contribution is 0.0969. The number of anilines is 2. The lowest BCUT2D eigenvalue weighted by atomic mass is 10.0. The highest BCUT2D eigenvalue weighted by molar-refractivity contribution is 7.17. The third-order valence-corrected chi connectivity index (χ3v) is 9.08. The number of aryl methyl sites for hydroxylation is 1. The number of thiophene rings is 1. The second-order valence-electron chi connectivity index (χ2n) is 10.4. The number of aromatic nitrogens is 1. The van der Waals surface area contributed by atoms with Crippen LogP contribution < -0.4 is 16.0 Å². The van der Waals surface area contributed by atoms with E-state index in [0.29, 0.717) is 39.5 Å². The number of hydrogen-bond donors (Lipinski definition) is 5. The van der Waals surface area contributed by atoms with Gasteiger partial charge in [-0.25, -0.2) is 0 Å². The number of fused-ring (bicyclic) bond motifs is 5. The van der Waals surface area contributed by atoms with E-state index in [4.69, 9.17) is 27.2 Å². The molecule has 4 heterocycles. The van der Waals surface area contributed by atoms with Crippen LogP contribution >= 0.6 is 22.9 Å². The standard InChI is InChI=1S/C31H24ClN5O4S/c1-14-13-42-28-26(14)18(11-32)9-22-27(28)23(38)12-37(22)31(40)21-8-16-7-19(3-4-20(16)36-21)35-30(39)25-10-17-6-15(29(33)34)2-5-24(17)41-25/h2-10,13,23,36,38H,11-12H2,1H3,(H3,33,34)(H,35,39). The fraction of sp³-hybridized carbons (Fsp3) is 0.129. The third kappa shape index (κ3) is 4.14. The number of aromatic amines is 1. The Morgan fingerprint density at radius 3 is 2.81 bits per heavy atom. The molecule has 1 aliphatic heterocycles. The summed E-state index contributed by atoms with van der Waals surface area (Å²) in [5.41, 5.74) is 11.7. The highest BCUT2D eigenvalue weighted by atomic mass is 35.5. The van der Waals surface area contributed by atoms with Crippen LogP contribution in [0.15, 0.2) is 64.4 Å². The van der Waals surface area contributed by atoms with E-state index in [1.165, 1.54) is 0 Å². The molecule has 7 rings (SSSR count). The van der Waals surface area contributed by atoms with Gasteiger partial charge in [0.15, 0.2) is 5.76 Å². The number of amides is 2. The van der Waals surface area contributed by atoms with E-state index in [1.807, 2.05) is 18.4 Å². The number of furan rings is 1. The number of carbonyl (C=O) groups excluding carboxylic acids is 2. The molecule has 6 N–H and O–H groups in total. The molecule has 0 aliphatic carbocycles. The topological polar surface area (TPSA) is 148 Å². The lowest BCUT2D eigenvalue weighted by Crippen LogP contribution is -2.30. The number of hydrogen-bond acceptors (Lipinski definition) is 6. The van der Waals surface area contributed by atoms with Gasteiger partial charge in [-0.2, -0.15) is 0 Å². The number of amidine groups is 1. The number of nitrogens with one attached hydrogen (secondary N) is 3. The largest absolute Gasteiger partial charge is 0.451 e. The summed E-state index contributed by atoms with van der Waals surface area (Å²) in [7, 11) is 0. The lowest BCUT2D eigenvalue weighted by Gasteiger charge is -2.17. The van der Waals surface area contributed by atoms with Crippen LogP contribution in [0.3, 0.4) is 0 Å². The molecule has 3 aromatic heterocycles. The Morgan fingerprint density at radius 1 is 1.19 bits per heavy atom. The van der Waals surface area contributed by atoms with Crippen molar-refractivity contribution in [2.24, 2.45) is 5.73 Å². The maximum Gasteiger partial charge on any atom is 0.291 e. The zero-order chi connectivity index (χ0) is 29.3. The Balaban J connectivity index is 1.16. The van der Waals surface area contributed by atoms with Crippen LogP contribution in [0, 0.1) is 12.3 Å². The van der Waals surface area contributed by atoms with Crippen molar-refractivity contribution >= 4 is 83.9 Å². The van der Waals surface area contributed by atoms with Gasteiger partial charge in [-0.05, 0) is 78.0 Å². The van der Waals surface area contributed by atoms with Crippen LogP contribution in [0.1, 0.15) is 49.4 Å². The Morgan fingerprint density at radius 2 is 2.02 bits per heavy atom. The predicted octanol–water partition coefficient (Wildman–Crippen LogP) is 6.41. The average Bonchev–Trinajstić information content (AvgIpc) is 3.75. The Bertz CT molecular complexity index is 2110. The van der Waals surface area contributed by atoms with Gasteiger partial charge in [0.05, 0.1) is 12.2 Å². The van der Waals surface area contributed by atoms with E-state index in [9.17, 15) is 14.7 Å². The van der Waals surface area contributed by atoms with Crippen LogP contribution in [-0.2, 0) is 5.88 Å². The van der Waals surface area contributed by atoms with Crippen LogP contribution in [0.5, 0.6) is 0 Å². The average molecular weight is 598 g/mol. The zero-order valence-electron chi connectivity index (χ0n) is 22.2. The number of nitrogens with two attached hydrogens (primary N) is 1. The first-order chi connectivity index (χ1) is 20.2. The predicted molar refractivity (Wildman–Crippen MR) is 166 cm³/mol. The van der Waals surface area contributed by atoms with Gasteiger partial charge in [0.2, 0.25) is 0 Å². The quantitative estimate of drug-likeness (QED) is 0.0885. The van der Waals surface area contributed by atoms with Crippen molar-refractivity contribution in [3.63, 3.8) is 0 Å². The molecule has 0 saturated carbocycles. The van der Waals surface area contributed by atoms with E-state index in [2.05, 4.69) is 10.3 Å². The minimum Gasteiger partial charge on any atom is -0.451 e. The second-order valence-corrected chi connectivity index (χ2v) is 11.5. The summed E-state index contributed by atoms with van der Waals surface area (Å²) in [5.74, 6) is -0.354. The van der Waals surface area contributed by atoms with Crippen LogP contribution in [0.2, 0.25) is 0 Å². The summed E-state index contributed by atoms with van der Waals surface area (Å²) >= 11 is 7.84. The number of aliphatic hydroxyl groups is 1. The SMILES string of the molecule is Cc1csc2c3c(cc(CCl)c12)N(C(=O)c1cc2cc(NC(=O)c4cc5cc(C(=N)N)ccc5o4)ccc2[nH]1)CC3O. The molecule has 11 heteroatoms. The van der Waals surface area contributed by atoms with Crippen molar-refractivity contribution < 1.29 is 19.1 Å². The number of nitrogens with zero attached hydrogens (tertiary/aromatic N) is 1. The maximum absolute atomic E-state index is 13.7. The summed E-state index contributed by atoms with van der Waals surface area (Å²) in [4.78, 5) is 31.4. The molecular formula is C31H24ClN5O4S. The molecular weight excluding hydrogens is 574 g/mol. The Labute approximate surface area is 248 Å². The van der Waals surface area contributed by atoms with Crippen molar-refractivity contribution in [2.45, 2.75) is 18.9 Å². The number of alkyl halides is 1. The van der Waals surface area contributed by atoms with E-state index in [-0.39, 0.29) is 24.0 Å². The maximum atomic E-state index is 13.7. The molecule has 3 aromatic carbocycles. The van der Waals surface area contributed by atoms with E-state index >= 15 is 0 Å². The van der Waals surface area contributed by atoms with Crippen LogP contribution in [0.25, 0.3) is 32.0 Å². The summed E-state index contributed by atoms with van der Waals surface area (Å²) in [6, 6.07) is 15.6. The molecule has 1 aliphatic rings. The summed E-state index contributed by atoms with van der Waals surface area (Å²) < 4.78 is 6.65. The van der Waals surface area contributed by atoms with Gasteiger partial charge in [0.25, 0.3) is 11.8 Å². The van der Waals surface area contributed by atoms with Crippen molar-refractivity contribution in [2.75, 3.05) is 16.8 Å². The highest BCUT2D eigenvalue weighted by Gasteiger charge is 2.35. The van der Waals surface area contributed by atoms with Crippen molar-refractivity contribution in [3.8, 4) is 0 Å². The number of carbonyl (C=O) groups is 2. The molecule has 0 saturated heterocycles. The molecule has 1 unspecified atom stereocenters. The van der Waals surface area contributed by atoms with Crippen molar-refractivity contribution in [3.05, 3.63) is 93.7 Å². The van der Waals surface area contributed by atoms with E-state index in [1.54, 1.807) is 64.8 Å². The van der Waals surface area contributed by atoms with Gasteiger partial charge in [-0.3, -0.25) is 15.0 Å². The summed E-state index contributed by atoms with van der Waals surface area (Å²) in [6.07, 6.45) is -0.799. The van der Waals surface area contributed by atoms with E-state index < -0.39 is 12.0 Å². The molecule has 0 radical (unpaired) electrons. The number of aliphatic hydroxyl groups excluding tert-OH is 1. The monoisotopic (exact) mass is 597 g/mol. The first-order valence-electron chi connectivity index (χ1n) is 13.1. The van der Waals surface area contributed by atoms with E-state index in [0.717, 1.165) is 37.7 Å². The second kappa shape index (κ2) is 9.73. The number of benzene rings is 3. The van der Waals surface area contributed by atoms with Gasteiger partial charge >= 0.3 is 0 Å². The molecule has 6 aromatic rings. The molecule has 0 spiro atoms. The molecule has 42 heavy (non-hydrogen) atoms. The highest BCUT2D eigenvalue weighted by Crippen LogP contribution is 2.45. The van der Waals surface area contributed by atoms with Gasteiger partial charge < -0.3 is 30.5 Å². The van der Waals surface area contributed by atoms with Crippen LogP contribution in [0.4, 0.5) is 11.4 Å². The number of halogens is 1. The third-order valence-electron chi connectivity index (χ3n) is 7.66. The van der Waals surface area contributed by atoms with Gasteiger partial charge in [-0.15, -0.1) is 22.9 Å². The molecule has 210 valence electrons. The van der Waals surface area contributed by atoms with Crippen molar-refractivity contribution in [1.82, 2.24) is 4.98 Å². The minimum atomic E-state index is -0.799. The minimum absolute atomic E-state index is 0.0678. The molecule has 9 nitrogen and oxygen atoms in total. The van der Waals surface area contributed by atoms with Crippen LogP contribution in [-0.4, -0.2) is 34.3 Å². The Hall–Kier alpha value is -4.64. The Kier molecular flexibility index (Phi) is 6.09. The molecule has 1 atom stereocenters. The summed E-state index contributed by atoms with van der Waals surface area (Å²) in [5, 5.41) is 25.9. The fourth-order valence-electron chi connectivity index (χ4n) is 5.66. The first-order valence-corrected chi connectivity index (χ1v) is 14.5.